The van der Waals surface area contributed by atoms with E-state index in [1.54, 1.807) is 25.9 Å². The van der Waals surface area contributed by atoms with Crippen molar-refractivity contribution in [3.05, 3.63) is 0 Å². The lowest BCUT2D eigenvalue weighted by molar-refractivity contribution is -0.139. The van der Waals surface area contributed by atoms with Gasteiger partial charge in [-0.3, -0.25) is 14.5 Å². The van der Waals surface area contributed by atoms with Gasteiger partial charge in [-0.15, -0.1) is 0 Å². The quantitative estimate of drug-likeness (QED) is 0.701. The molecule has 0 unspecified atom stereocenters. The van der Waals surface area contributed by atoms with Gasteiger partial charge in [0.15, 0.2) is 0 Å². The van der Waals surface area contributed by atoms with Crippen LogP contribution in [-0.4, -0.2) is 72.6 Å². The van der Waals surface area contributed by atoms with E-state index in [0.717, 1.165) is 25.9 Å². The Morgan fingerprint density at radius 1 is 1.39 bits per heavy atom. The number of carboxylic acids is 1. The first-order valence-electron chi connectivity index (χ1n) is 6.31. The van der Waals surface area contributed by atoms with Crippen LogP contribution in [0.2, 0.25) is 0 Å². The van der Waals surface area contributed by atoms with E-state index in [0.29, 0.717) is 6.54 Å². The van der Waals surface area contributed by atoms with Crippen LogP contribution in [0.4, 0.5) is 0 Å². The molecular formula is C12H23N3O3. The summed E-state index contributed by atoms with van der Waals surface area (Å²) in [6.45, 7) is 3.78. The van der Waals surface area contributed by atoms with E-state index in [2.05, 4.69) is 10.2 Å². The third-order valence-corrected chi connectivity index (χ3v) is 3.30. The normalized spacial score (nSPS) is 19.5. The number of nitrogens with zero attached hydrogens (tertiary/aromatic N) is 2. The van der Waals surface area contributed by atoms with Gasteiger partial charge in [0, 0.05) is 33.2 Å². The van der Waals surface area contributed by atoms with E-state index in [-0.39, 0.29) is 11.9 Å². The first kappa shape index (κ1) is 14.9. The molecule has 0 bridgehead atoms. The maximum Gasteiger partial charge on any atom is 0.320 e. The molecule has 1 fully saturated rings. The van der Waals surface area contributed by atoms with Gasteiger partial charge >= 0.3 is 5.97 Å². The summed E-state index contributed by atoms with van der Waals surface area (Å²) in [6, 6.07) is -0.272. The van der Waals surface area contributed by atoms with Crippen molar-refractivity contribution < 1.29 is 14.7 Å². The fourth-order valence-corrected chi connectivity index (χ4v) is 2.02. The average molecular weight is 257 g/mol. The lowest BCUT2D eigenvalue weighted by Crippen LogP contribution is -2.49. The summed E-state index contributed by atoms with van der Waals surface area (Å²) in [5.74, 6) is -0.708. The number of aliphatic carboxylic acids is 1. The van der Waals surface area contributed by atoms with E-state index < -0.39 is 12.0 Å². The highest BCUT2D eigenvalue weighted by atomic mass is 16.4. The number of rotatable bonds is 5. The molecule has 1 heterocycles. The van der Waals surface area contributed by atoms with Crippen LogP contribution in [0.1, 0.15) is 19.8 Å². The Bertz CT molecular complexity index is 299. The molecule has 1 saturated heterocycles. The van der Waals surface area contributed by atoms with Gasteiger partial charge in [0.1, 0.15) is 6.04 Å². The Labute approximate surface area is 108 Å². The number of piperidine rings is 1. The summed E-state index contributed by atoms with van der Waals surface area (Å²) in [5.41, 5.74) is 0. The third kappa shape index (κ3) is 4.62. The molecule has 0 radical (unpaired) electrons. The molecule has 1 aliphatic heterocycles. The predicted octanol–water partition coefficient (Wildman–Crippen LogP) is -0.398. The van der Waals surface area contributed by atoms with Gasteiger partial charge in [-0.25, -0.2) is 0 Å². The van der Waals surface area contributed by atoms with E-state index in [9.17, 15) is 9.59 Å². The fourth-order valence-electron chi connectivity index (χ4n) is 2.02. The molecule has 0 aromatic rings. The largest absolute Gasteiger partial charge is 0.480 e. The molecule has 0 aromatic heterocycles. The topological polar surface area (TPSA) is 72.9 Å². The van der Waals surface area contributed by atoms with Crippen LogP contribution in [0.3, 0.4) is 0 Å². The maximum absolute atomic E-state index is 11.6. The summed E-state index contributed by atoms with van der Waals surface area (Å²) in [7, 11) is 3.51. The van der Waals surface area contributed by atoms with Crippen LogP contribution in [0.5, 0.6) is 0 Å². The molecule has 0 aliphatic carbocycles. The lowest BCUT2D eigenvalue weighted by atomic mass is 10.0. The molecule has 0 spiro atoms. The van der Waals surface area contributed by atoms with Gasteiger partial charge in [-0.1, -0.05) is 0 Å². The molecule has 0 saturated carbocycles. The smallest absolute Gasteiger partial charge is 0.320 e. The van der Waals surface area contributed by atoms with Gasteiger partial charge < -0.3 is 15.3 Å². The van der Waals surface area contributed by atoms with E-state index in [4.69, 9.17) is 5.11 Å². The second-order valence-electron chi connectivity index (χ2n) is 5.07. The van der Waals surface area contributed by atoms with Crippen molar-refractivity contribution in [3.63, 3.8) is 0 Å². The number of carboxylic acid groups (broad SMARTS) is 1. The minimum atomic E-state index is -0.819. The third-order valence-electron chi connectivity index (χ3n) is 3.30. The van der Waals surface area contributed by atoms with Gasteiger partial charge in [0.2, 0.25) is 5.91 Å². The molecule has 1 aliphatic rings. The van der Waals surface area contributed by atoms with E-state index >= 15 is 0 Å². The SMILES string of the molecule is C[C@@H](NC1CCN(CC(=O)N(C)C)CC1)C(=O)O. The second-order valence-corrected chi connectivity index (χ2v) is 5.07. The highest BCUT2D eigenvalue weighted by Gasteiger charge is 2.23. The first-order valence-corrected chi connectivity index (χ1v) is 6.31. The number of hydrogen-bond donors (Lipinski definition) is 2. The van der Waals surface area contributed by atoms with Crippen LogP contribution in [0.15, 0.2) is 0 Å². The number of amides is 1. The summed E-state index contributed by atoms with van der Waals surface area (Å²) in [5, 5.41) is 11.9. The van der Waals surface area contributed by atoms with Crippen molar-refractivity contribution in [3.8, 4) is 0 Å². The summed E-state index contributed by atoms with van der Waals surface area (Å²) in [6.07, 6.45) is 1.77. The van der Waals surface area contributed by atoms with Crippen LogP contribution < -0.4 is 5.32 Å². The molecule has 104 valence electrons. The van der Waals surface area contributed by atoms with Gasteiger partial charge in [0.25, 0.3) is 0 Å². The minimum Gasteiger partial charge on any atom is -0.480 e. The highest BCUT2D eigenvalue weighted by molar-refractivity contribution is 5.77. The highest BCUT2D eigenvalue weighted by Crippen LogP contribution is 2.11. The van der Waals surface area contributed by atoms with Crippen LogP contribution in [0, 0.1) is 0 Å². The Hall–Kier alpha value is -1.14. The maximum atomic E-state index is 11.6. The lowest BCUT2D eigenvalue weighted by Gasteiger charge is -2.33. The zero-order valence-electron chi connectivity index (χ0n) is 11.3. The number of carbonyl (C=O) groups is 2. The molecule has 0 aromatic carbocycles. The van der Waals surface area contributed by atoms with Crippen molar-refractivity contribution in [2.24, 2.45) is 0 Å². The van der Waals surface area contributed by atoms with Crippen molar-refractivity contribution in [2.75, 3.05) is 33.7 Å². The van der Waals surface area contributed by atoms with Crippen LogP contribution >= 0.6 is 0 Å². The molecule has 1 amide bonds. The van der Waals surface area contributed by atoms with E-state index in [1.165, 1.54) is 0 Å². The number of likely N-dealkylation sites (tertiary alicyclic amines) is 1. The summed E-state index contributed by atoms with van der Waals surface area (Å²) < 4.78 is 0. The van der Waals surface area contributed by atoms with Gasteiger partial charge in [-0.2, -0.15) is 0 Å². The molecule has 2 N–H and O–H groups in total. The molecular weight excluding hydrogens is 234 g/mol. The average Bonchev–Trinajstić information content (AvgIpc) is 2.31. The van der Waals surface area contributed by atoms with Crippen LogP contribution in [-0.2, 0) is 9.59 Å². The van der Waals surface area contributed by atoms with E-state index in [1.807, 2.05) is 0 Å². The van der Waals surface area contributed by atoms with Crippen LogP contribution in [0.25, 0.3) is 0 Å². The zero-order valence-corrected chi connectivity index (χ0v) is 11.3. The van der Waals surface area contributed by atoms with Gasteiger partial charge in [-0.05, 0) is 19.8 Å². The molecule has 6 heteroatoms. The number of likely N-dealkylation sites (N-methyl/N-ethyl adjacent to an activating group) is 1. The van der Waals surface area contributed by atoms with Gasteiger partial charge in [0.05, 0.1) is 6.54 Å². The Morgan fingerprint density at radius 3 is 2.39 bits per heavy atom. The first-order chi connectivity index (χ1) is 8.40. The minimum absolute atomic E-state index is 0.111. The molecule has 1 rings (SSSR count). The summed E-state index contributed by atoms with van der Waals surface area (Å²) >= 11 is 0. The van der Waals surface area contributed by atoms with Crippen molar-refractivity contribution in [1.29, 1.82) is 0 Å². The Balaban J connectivity index is 2.28. The molecule has 1 atom stereocenters. The number of nitrogens with one attached hydrogen (secondary N) is 1. The fraction of sp³-hybridized carbons (Fsp3) is 0.833. The molecule has 6 nitrogen and oxygen atoms in total. The Morgan fingerprint density at radius 2 is 1.94 bits per heavy atom. The summed E-state index contributed by atoms with van der Waals surface area (Å²) in [4.78, 5) is 26.0. The van der Waals surface area contributed by atoms with Crippen molar-refractivity contribution in [1.82, 2.24) is 15.1 Å². The number of carbonyl (C=O) groups excluding carboxylic acids is 1. The zero-order chi connectivity index (χ0) is 13.7. The van der Waals surface area contributed by atoms with Crippen molar-refractivity contribution in [2.45, 2.75) is 31.8 Å². The predicted molar refractivity (Wildman–Crippen MR) is 68.4 cm³/mol. The monoisotopic (exact) mass is 257 g/mol. The molecule has 18 heavy (non-hydrogen) atoms. The standard InChI is InChI=1S/C12H23N3O3/c1-9(12(17)18)13-10-4-6-15(7-5-10)8-11(16)14(2)3/h9-10,13H,4-8H2,1-3H3,(H,17,18)/t9-/m1/s1. The Kier molecular flexibility index (Phi) is 5.55. The number of hydrogen-bond acceptors (Lipinski definition) is 4. The second kappa shape index (κ2) is 6.70. The van der Waals surface area contributed by atoms with Crippen molar-refractivity contribution >= 4 is 11.9 Å².